The molecular formula is C16H21Cl2NTi. The van der Waals surface area contributed by atoms with Gasteiger partial charge in [0.15, 0.2) is 0 Å². The minimum absolute atomic E-state index is 0. The molecule has 0 fully saturated rings. The molecule has 4 heteroatoms. The molecule has 1 unspecified atom stereocenters. The van der Waals surface area contributed by atoms with E-state index >= 15 is 0 Å². The zero-order valence-corrected chi connectivity index (χ0v) is 15.0. The van der Waals surface area contributed by atoms with Crippen LogP contribution in [-0.4, -0.2) is 9.80 Å². The Morgan fingerprint density at radius 1 is 1.05 bits per heavy atom. The third-order valence-electron chi connectivity index (χ3n) is 4.28. The standard InChI is InChI=1S/C9H7.C4H4N.2CH3.CH2.2ClH.Ti/c1-2-5-9-7-3-6-8(9)4-1;1-2-4-5-3-1;;;;;;/h1-7H;1-3,5H;2*1H3;1H2;2*1H;. The molecule has 1 atom stereocenters. The third-order valence-corrected chi connectivity index (χ3v) is 11.4. The van der Waals surface area contributed by atoms with Gasteiger partial charge in [0.1, 0.15) is 0 Å². The Balaban J connectivity index is 0.000001000. The van der Waals surface area contributed by atoms with Gasteiger partial charge in [0, 0.05) is 0 Å². The van der Waals surface area contributed by atoms with Gasteiger partial charge < -0.3 is 0 Å². The van der Waals surface area contributed by atoms with Crippen LogP contribution < -0.4 is 4.00 Å². The van der Waals surface area contributed by atoms with Crippen molar-refractivity contribution in [2.45, 2.75) is 14.7 Å². The first-order valence-corrected chi connectivity index (χ1v) is 12.4. The van der Waals surface area contributed by atoms with Gasteiger partial charge in [0.05, 0.1) is 0 Å². The molecular weight excluding hydrogens is 325 g/mol. The van der Waals surface area contributed by atoms with Gasteiger partial charge in [-0.2, -0.15) is 0 Å². The summed E-state index contributed by atoms with van der Waals surface area (Å²) in [6.07, 6.45) is 6.63. The van der Waals surface area contributed by atoms with Crippen LogP contribution in [0, 0.1) is 0 Å². The number of hydrogen-bond donors (Lipinski definition) is 1. The van der Waals surface area contributed by atoms with Crippen molar-refractivity contribution in [1.82, 2.24) is 4.98 Å². The number of nitrogens with one attached hydrogen (secondary N) is 1. The maximum absolute atomic E-state index is 4.73. The maximum atomic E-state index is 4.73. The summed E-state index contributed by atoms with van der Waals surface area (Å²) in [4.78, 5) is 8.15. The Labute approximate surface area is 133 Å². The first-order valence-electron chi connectivity index (χ1n) is 6.46. The molecule has 1 aliphatic carbocycles. The molecule has 1 aliphatic rings. The van der Waals surface area contributed by atoms with Crippen molar-refractivity contribution in [3.63, 3.8) is 0 Å². The van der Waals surface area contributed by atoms with E-state index in [1.165, 1.54) is 15.1 Å². The van der Waals surface area contributed by atoms with Crippen molar-refractivity contribution in [3.8, 4) is 0 Å². The van der Waals surface area contributed by atoms with Crippen LogP contribution in [-0.2, 0) is 14.8 Å². The number of aromatic amines is 1. The van der Waals surface area contributed by atoms with E-state index in [1.54, 1.807) is 0 Å². The first-order chi connectivity index (χ1) is 8.47. The predicted molar refractivity (Wildman–Crippen MR) is 92.0 cm³/mol. The SMILES string of the molecule is Cl.Cl.[CH2]=[Ti]([CH3])([CH3])([c]1ccc[nH]1)[CH]1C=Cc2ccccc21. The van der Waals surface area contributed by atoms with E-state index in [0.29, 0.717) is 4.22 Å². The summed E-state index contributed by atoms with van der Waals surface area (Å²) < 4.78 is 1.84. The number of allylic oxidation sites excluding steroid dienone is 1. The second-order valence-electron chi connectivity index (χ2n) is 6.36. The summed E-state index contributed by atoms with van der Waals surface area (Å²) in [6, 6.07) is 13.0. The molecule has 1 heterocycles. The normalized spacial score (nSPS) is 17.1. The number of fused-ring (bicyclic) bond motifs is 1. The van der Waals surface area contributed by atoms with E-state index in [4.69, 9.17) is 4.82 Å². The summed E-state index contributed by atoms with van der Waals surface area (Å²) in [5.74, 6) is 0. The molecule has 1 aromatic heterocycles. The Morgan fingerprint density at radius 2 is 1.75 bits per heavy atom. The zero-order chi connectivity index (χ0) is 12.8. The quantitative estimate of drug-likeness (QED) is 0.773. The van der Waals surface area contributed by atoms with E-state index < -0.39 is 14.8 Å². The number of aromatic nitrogens is 1. The minimum atomic E-state index is -2.98. The molecule has 0 spiro atoms. The first kappa shape index (κ1) is 17.5. The van der Waals surface area contributed by atoms with Crippen LogP contribution >= 0.6 is 24.8 Å². The van der Waals surface area contributed by atoms with Crippen LogP contribution in [0.1, 0.15) is 15.3 Å². The molecule has 0 radical (unpaired) electrons. The van der Waals surface area contributed by atoms with Gasteiger partial charge >= 0.3 is 109 Å². The summed E-state index contributed by atoms with van der Waals surface area (Å²) in [6.45, 7) is 0. The Bertz CT molecular complexity index is 680. The molecule has 1 N–H and O–H groups in total. The molecule has 0 aliphatic heterocycles. The number of halogens is 2. The fourth-order valence-electron chi connectivity index (χ4n) is 3.07. The van der Waals surface area contributed by atoms with Crippen LogP contribution in [0.15, 0.2) is 48.7 Å². The molecule has 2 aromatic rings. The van der Waals surface area contributed by atoms with Crippen LogP contribution in [0.2, 0.25) is 10.5 Å². The van der Waals surface area contributed by atoms with Gasteiger partial charge in [-0.3, -0.25) is 0 Å². The second kappa shape index (κ2) is 5.65. The molecule has 1 aromatic carbocycles. The third kappa shape index (κ3) is 2.60. The second-order valence-corrected chi connectivity index (χ2v) is 16.9. The Hall–Kier alpha value is -0.596. The molecule has 0 saturated heterocycles. The van der Waals surface area contributed by atoms with Crippen LogP contribution in [0.25, 0.3) is 6.08 Å². The van der Waals surface area contributed by atoms with Gasteiger partial charge in [-0.05, 0) is 0 Å². The van der Waals surface area contributed by atoms with Gasteiger partial charge in [0.25, 0.3) is 0 Å². The Kier molecular flexibility index (Phi) is 4.93. The molecule has 0 amide bonds. The number of hydrogen-bond acceptors (Lipinski definition) is 0. The Morgan fingerprint density at radius 3 is 2.40 bits per heavy atom. The van der Waals surface area contributed by atoms with Gasteiger partial charge in [0.2, 0.25) is 0 Å². The number of benzene rings is 1. The van der Waals surface area contributed by atoms with Crippen molar-refractivity contribution in [2.24, 2.45) is 0 Å². The summed E-state index contributed by atoms with van der Waals surface area (Å²) in [5, 5.41) is 4.81. The predicted octanol–water partition coefficient (Wildman–Crippen LogP) is 4.47. The van der Waals surface area contributed by atoms with Crippen molar-refractivity contribution in [3.05, 3.63) is 59.8 Å². The van der Waals surface area contributed by atoms with E-state index in [9.17, 15) is 0 Å². The molecule has 1 nitrogen and oxygen atoms in total. The van der Waals surface area contributed by atoms with E-state index in [1.807, 2.05) is 6.20 Å². The molecule has 3 rings (SSSR count). The monoisotopic (exact) mass is 345 g/mol. The van der Waals surface area contributed by atoms with Crippen LogP contribution in [0.3, 0.4) is 0 Å². The summed E-state index contributed by atoms with van der Waals surface area (Å²) >= 11 is -2.98. The summed E-state index contributed by atoms with van der Waals surface area (Å²) in [5.41, 5.74) is 2.81. The van der Waals surface area contributed by atoms with Crippen molar-refractivity contribution in [1.29, 1.82) is 0 Å². The van der Waals surface area contributed by atoms with Gasteiger partial charge in [-0.1, -0.05) is 0 Å². The number of H-pyrrole nitrogens is 1. The fraction of sp³-hybridized carbons (Fsp3) is 0.188. The fourth-order valence-corrected chi connectivity index (χ4v) is 8.55. The van der Waals surface area contributed by atoms with Crippen LogP contribution in [0.5, 0.6) is 0 Å². The number of rotatable bonds is 2. The van der Waals surface area contributed by atoms with Gasteiger partial charge in [-0.15, -0.1) is 24.8 Å². The van der Waals surface area contributed by atoms with Gasteiger partial charge in [-0.25, -0.2) is 0 Å². The van der Waals surface area contributed by atoms with E-state index in [-0.39, 0.29) is 24.8 Å². The average Bonchev–Trinajstić information content (AvgIpc) is 2.99. The molecule has 20 heavy (non-hydrogen) atoms. The van der Waals surface area contributed by atoms with E-state index in [2.05, 4.69) is 64.0 Å². The molecule has 0 bridgehead atoms. The topological polar surface area (TPSA) is 15.8 Å². The average molecular weight is 346 g/mol. The molecule has 108 valence electrons. The van der Waals surface area contributed by atoms with Crippen LogP contribution in [0.4, 0.5) is 0 Å². The molecule has 0 saturated carbocycles. The van der Waals surface area contributed by atoms with Crippen molar-refractivity contribution in [2.75, 3.05) is 0 Å². The van der Waals surface area contributed by atoms with Crippen molar-refractivity contribution >= 4 is 39.7 Å². The van der Waals surface area contributed by atoms with E-state index in [0.717, 1.165) is 0 Å². The van der Waals surface area contributed by atoms with Crippen molar-refractivity contribution < 1.29 is 14.8 Å². The zero-order valence-electron chi connectivity index (χ0n) is 11.8. The summed E-state index contributed by atoms with van der Waals surface area (Å²) in [7, 11) is 0.